The van der Waals surface area contributed by atoms with E-state index in [0.29, 0.717) is 5.95 Å². The standard InChI is InChI=1S/C13H19FN4/c1-3-18(4-2)8-7-15-13-16-11-6-5-10(14)9-12(11)17-13/h5-6,9H,3-4,7-8H2,1-2H3,(H2,15,16,17). The first-order chi connectivity index (χ1) is 8.72. The van der Waals surface area contributed by atoms with Crippen molar-refractivity contribution in [1.82, 2.24) is 14.9 Å². The molecule has 0 atom stereocenters. The quantitative estimate of drug-likeness (QED) is 0.827. The van der Waals surface area contributed by atoms with Crippen molar-refractivity contribution in [1.29, 1.82) is 0 Å². The molecule has 98 valence electrons. The molecular formula is C13H19FN4. The van der Waals surface area contributed by atoms with Gasteiger partial charge in [0.05, 0.1) is 11.0 Å². The minimum absolute atomic E-state index is 0.249. The van der Waals surface area contributed by atoms with Gasteiger partial charge in [-0.2, -0.15) is 0 Å². The maximum absolute atomic E-state index is 13.0. The first-order valence-corrected chi connectivity index (χ1v) is 6.34. The molecule has 0 bridgehead atoms. The number of H-pyrrole nitrogens is 1. The van der Waals surface area contributed by atoms with E-state index in [1.165, 1.54) is 12.1 Å². The molecule has 0 aliphatic heterocycles. The van der Waals surface area contributed by atoms with Gasteiger partial charge in [-0.3, -0.25) is 0 Å². The lowest BCUT2D eigenvalue weighted by molar-refractivity contribution is 0.316. The lowest BCUT2D eigenvalue weighted by atomic mass is 10.3. The summed E-state index contributed by atoms with van der Waals surface area (Å²) in [4.78, 5) is 9.74. The van der Waals surface area contributed by atoms with E-state index in [4.69, 9.17) is 0 Å². The minimum Gasteiger partial charge on any atom is -0.355 e. The minimum atomic E-state index is -0.249. The zero-order valence-corrected chi connectivity index (χ0v) is 10.8. The van der Waals surface area contributed by atoms with Crippen molar-refractivity contribution in [2.24, 2.45) is 0 Å². The number of imidazole rings is 1. The van der Waals surface area contributed by atoms with Gasteiger partial charge in [0.25, 0.3) is 0 Å². The third-order valence-corrected chi connectivity index (χ3v) is 3.06. The van der Waals surface area contributed by atoms with Gasteiger partial charge in [0.2, 0.25) is 5.95 Å². The molecule has 2 rings (SSSR count). The number of halogens is 1. The highest BCUT2D eigenvalue weighted by atomic mass is 19.1. The Morgan fingerprint density at radius 2 is 2.11 bits per heavy atom. The van der Waals surface area contributed by atoms with Gasteiger partial charge >= 0.3 is 0 Å². The molecule has 4 nitrogen and oxygen atoms in total. The van der Waals surface area contributed by atoms with Crippen LogP contribution in [0, 0.1) is 5.82 Å². The van der Waals surface area contributed by atoms with Gasteiger partial charge in [-0.15, -0.1) is 0 Å². The van der Waals surface area contributed by atoms with Gasteiger partial charge in [0.15, 0.2) is 0 Å². The number of nitrogens with one attached hydrogen (secondary N) is 2. The van der Waals surface area contributed by atoms with Crippen LogP contribution in [0.25, 0.3) is 11.0 Å². The summed E-state index contributed by atoms with van der Waals surface area (Å²) in [5.41, 5.74) is 1.50. The van der Waals surface area contributed by atoms with Gasteiger partial charge in [-0.05, 0) is 31.3 Å². The molecule has 5 heteroatoms. The summed E-state index contributed by atoms with van der Waals surface area (Å²) in [7, 11) is 0. The largest absolute Gasteiger partial charge is 0.355 e. The Kier molecular flexibility index (Phi) is 4.15. The number of rotatable bonds is 6. The van der Waals surface area contributed by atoms with Crippen molar-refractivity contribution in [2.75, 3.05) is 31.5 Å². The molecule has 1 aromatic carbocycles. The Bertz CT molecular complexity index is 505. The number of likely N-dealkylation sites (N-methyl/N-ethyl adjacent to an activating group) is 1. The zero-order chi connectivity index (χ0) is 13.0. The molecule has 1 aromatic heterocycles. The summed E-state index contributed by atoms with van der Waals surface area (Å²) < 4.78 is 13.0. The first kappa shape index (κ1) is 12.8. The topological polar surface area (TPSA) is 44.0 Å². The Morgan fingerprint density at radius 3 is 2.83 bits per heavy atom. The van der Waals surface area contributed by atoms with Gasteiger partial charge < -0.3 is 15.2 Å². The van der Waals surface area contributed by atoms with Gasteiger partial charge in [-0.25, -0.2) is 9.37 Å². The summed E-state index contributed by atoms with van der Waals surface area (Å²) in [6.07, 6.45) is 0. The van der Waals surface area contributed by atoms with Crippen LogP contribution in [0.1, 0.15) is 13.8 Å². The van der Waals surface area contributed by atoms with E-state index in [2.05, 4.69) is 34.0 Å². The highest BCUT2D eigenvalue weighted by molar-refractivity contribution is 5.77. The molecule has 2 N–H and O–H groups in total. The summed E-state index contributed by atoms with van der Waals surface area (Å²) >= 11 is 0. The van der Waals surface area contributed by atoms with Crippen LogP contribution in [-0.4, -0.2) is 41.0 Å². The van der Waals surface area contributed by atoms with Gasteiger partial charge in [-0.1, -0.05) is 13.8 Å². The lowest BCUT2D eigenvalue weighted by Gasteiger charge is -2.17. The molecule has 0 aliphatic carbocycles. The average molecular weight is 250 g/mol. The molecule has 0 saturated carbocycles. The van der Waals surface area contributed by atoms with Crippen molar-refractivity contribution >= 4 is 17.0 Å². The van der Waals surface area contributed by atoms with Crippen molar-refractivity contribution in [3.8, 4) is 0 Å². The van der Waals surface area contributed by atoms with Crippen LogP contribution in [0.15, 0.2) is 18.2 Å². The molecular weight excluding hydrogens is 231 g/mol. The normalized spacial score (nSPS) is 11.3. The zero-order valence-electron chi connectivity index (χ0n) is 10.8. The number of aromatic nitrogens is 2. The van der Waals surface area contributed by atoms with Crippen LogP contribution in [0.5, 0.6) is 0 Å². The Hall–Kier alpha value is -1.62. The predicted octanol–water partition coefficient (Wildman–Crippen LogP) is 2.46. The van der Waals surface area contributed by atoms with E-state index in [-0.39, 0.29) is 5.82 Å². The molecule has 0 saturated heterocycles. The molecule has 0 amide bonds. The van der Waals surface area contributed by atoms with E-state index in [1.807, 2.05) is 0 Å². The average Bonchev–Trinajstić information content (AvgIpc) is 2.76. The van der Waals surface area contributed by atoms with Crippen molar-refractivity contribution in [3.63, 3.8) is 0 Å². The Morgan fingerprint density at radius 1 is 1.33 bits per heavy atom. The monoisotopic (exact) mass is 250 g/mol. The van der Waals surface area contributed by atoms with E-state index < -0.39 is 0 Å². The Labute approximate surface area is 106 Å². The van der Waals surface area contributed by atoms with Crippen LogP contribution < -0.4 is 5.32 Å². The SMILES string of the molecule is CCN(CC)CCNc1nc2ccc(F)cc2[nH]1. The van der Waals surface area contributed by atoms with Crippen LogP contribution in [0.2, 0.25) is 0 Å². The molecule has 0 spiro atoms. The van der Waals surface area contributed by atoms with Gasteiger partial charge in [0.1, 0.15) is 5.82 Å². The van der Waals surface area contributed by atoms with Crippen molar-refractivity contribution in [2.45, 2.75) is 13.8 Å². The fourth-order valence-corrected chi connectivity index (χ4v) is 1.94. The third kappa shape index (κ3) is 2.98. The molecule has 0 unspecified atom stereocenters. The van der Waals surface area contributed by atoms with E-state index in [0.717, 1.165) is 37.2 Å². The number of nitrogens with zero attached hydrogens (tertiary/aromatic N) is 2. The Balaban J connectivity index is 1.95. The number of hydrogen-bond donors (Lipinski definition) is 2. The first-order valence-electron chi connectivity index (χ1n) is 6.34. The molecule has 2 aromatic rings. The molecule has 0 fully saturated rings. The molecule has 18 heavy (non-hydrogen) atoms. The molecule has 0 aliphatic rings. The summed E-state index contributed by atoms with van der Waals surface area (Å²) in [6, 6.07) is 4.55. The fraction of sp³-hybridized carbons (Fsp3) is 0.462. The van der Waals surface area contributed by atoms with Crippen molar-refractivity contribution < 1.29 is 4.39 Å². The van der Waals surface area contributed by atoms with E-state index >= 15 is 0 Å². The van der Waals surface area contributed by atoms with Crippen LogP contribution in [0.4, 0.5) is 10.3 Å². The number of benzene rings is 1. The maximum atomic E-state index is 13.0. The van der Waals surface area contributed by atoms with Crippen LogP contribution >= 0.6 is 0 Å². The third-order valence-electron chi connectivity index (χ3n) is 3.06. The highest BCUT2D eigenvalue weighted by Gasteiger charge is 2.04. The summed E-state index contributed by atoms with van der Waals surface area (Å²) in [6.45, 7) is 8.18. The molecule has 1 heterocycles. The van der Waals surface area contributed by atoms with E-state index in [9.17, 15) is 4.39 Å². The fourth-order valence-electron chi connectivity index (χ4n) is 1.94. The smallest absolute Gasteiger partial charge is 0.201 e. The summed E-state index contributed by atoms with van der Waals surface area (Å²) in [5.74, 6) is 0.448. The highest BCUT2D eigenvalue weighted by Crippen LogP contribution is 2.15. The second-order valence-electron chi connectivity index (χ2n) is 4.20. The van der Waals surface area contributed by atoms with Crippen molar-refractivity contribution in [3.05, 3.63) is 24.0 Å². The lowest BCUT2D eigenvalue weighted by Crippen LogP contribution is -2.28. The second kappa shape index (κ2) is 5.82. The maximum Gasteiger partial charge on any atom is 0.201 e. The van der Waals surface area contributed by atoms with E-state index in [1.54, 1.807) is 6.07 Å². The second-order valence-corrected chi connectivity index (χ2v) is 4.20. The van der Waals surface area contributed by atoms with Crippen LogP contribution in [0.3, 0.4) is 0 Å². The van der Waals surface area contributed by atoms with Crippen LogP contribution in [-0.2, 0) is 0 Å². The van der Waals surface area contributed by atoms with Gasteiger partial charge in [0, 0.05) is 13.1 Å². The number of anilines is 1. The molecule has 0 radical (unpaired) electrons. The number of fused-ring (bicyclic) bond motifs is 1. The predicted molar refractivity (Wildman–Crippen MR) is 72.3 cm³/mol. The number of aromatic amines is 1. The number of hydrogen-bond acceptors (Lipinski definition) is 3. The summed E-state index contributed by atoms with van der Waals surface area (Å²) in [5, 5.41) is 3.22.